The molecule has 0 saturated heterocycles. The maximum atomic E-state index is 12.6. The molecule has 0 unspecified atom stereocenters. The molecular formula is C15H23N3O2. The number of hydrogen-bond donors (Lipinski definition) is 2. The molecule has 20 heavy (non-hydrogen) atoms. The predicted octanol–water partition coefficient (Wildman–Crippen LogP) is 1.42. The van der Waals surface area contributed by atoms with Gasteiger partial charge in [-0.1, -0.05) is 19.3 Å². The highest BCUT2D eigenvalue weighted by Gasteiger charge is 2.26. The minimum Gasteiger partial charge on any atom is -0.364 e. The Labute approximate surface area is 119 Å². The van der Waals surface area contributed by atoms with Gasteiger partial charge in [0.05, 0.1) is 0 Å². The summed E-state index contributed by atoms with van der Waals surface area (Å²) in [7, 11) is 0. The first-order valence-corrected chi connectivity index (χ1v) is 7.34. The highest BCUT2D eigenvalue weighted by Crippen LogP contribution is 2.23. The fourth-order valence-corrected chi connectivity index (χ4v) is 2.88. The van der Waals surface area contributed by atoms with Crippen LogP contribution in [0, 0.1) is 6.92 Å². The zero-order valence-electron chi connectivity index (χ0n) is 12.0. The molecule has 0 atom stereocenters. The molecule has 0 aliphatic heterocycles. The minimum absolute atomic E-state index is 0.191. The molecule has 3 N–H and O–H groups in total. The Kier molecular flexibility index (Phi) is 4.95. The van der Waals surface area contributed by atoms with Crippen LogP contribution in [0.5, 0.6) is 0 Å². The van der Waals surface area contributed by atoms with Crippen LogP contribution in [0.25, 0.3) is 0 Å². The van der Waals surface area contributed by atoms with Crippen LogP contribution < -0.4 is 11.2 Å². The van der Waals surface area contributed by atoms with E-state index in [1.54, 1.807) is 11.8 Å². The summed E-state index contributed by atoms with van der Waals surface area (Å²) in [5.41, 5.74) is 6.39. The van der Waals surface area contributed by atoms with Gasteiger partial charge in [0.1, 0.15) is 5.56 Å². The zero-order chi connectivity index (χ0) is 14.5. The van der Waals surface area contributed by atoms with Gasteiger partial charge in [0.25, 0.3) is 5.91 Å². The Morgan fingerprint density at radius 2 is 2.10 bits per heavy atom. The highest BCUT2D eigenvalue weighted by molar-refractivity contribution is 5.94. The average molecular weight is 277 g/mol. The molecule has 0 radical (unpaired) electrons. The monoisotopic (exact) mass is 277 g/mol. The van der Waals surface area contributed by atoms with Crippen LogP contribution in [0.2, 0.25) is 0 Å². The lowest BCUT2D eigenvalue weighted by atomic mass is 9.93. The zero-order valence-corrected chi connectivity index (χ0v) is 12.0. The number of nitrogens with one attached hydrogen (secondary N) is 1. The fourth-order valence-electron chi connectivity index (χ4n) is 2.88. The maximum absolute atomic E-state index is 12.6. The van der Waals surface area contributed by atoms with E-state index in [0.717, 1.165) is 31.4 Å². The van der Waals surface area contributed by atoms with Gasteiger partial charge in [0, 0.05) is 37.1 Å². The third kappa shape index (κ3) is 3.28. The molecule has 0 aromatic carbocycles. The molecule has 1 fully saturated rings. The van der Waals surface area contributed by atoms with Crippen molar-refractivity contribution in [2.24, 2.45) is 5.73 Å². The number of aromatic amines is 1. The van der Waals surface area contributed by atoms with E-state index in [1.807, 2.05) is 0 Å². The largest absolute Gasteiger partial charge is 0.364 e. The van der Waals surface area contributed by atoms with Gasteiger partial charge in [0.15, 0.2) is 5.43 Å². The van der Waals surface area contributed by atoms with Crippen LogP contribution in [-0.4, -0.2) is 34.9 Å². The van der Waals surface area contributed by atoms with Crippen molar-refractivity contribution in [3.63, 3.8) is 0 Å². The third-order valence-corrected chi connectivity index (χ3v) is 3.93. The normalized spacial score (nSPS) is 16.1. The van der Waals surface area contributed by atoms with Crippen molar-refractivity contribution in [1.29, 1.82) is 0 Å². The van der Waals surface area contributed by atoms with Gasteiger partial charge in [-0.05, 0) is 19.8 Å². The summed E-state index contributed by atoms with van der Waals surface area (Å²) in [6.45, 7) is 2.73. The summed E-state index contributed by atoms with van der Waals surface area (Å²) < 4.78 is 0. The van der Waals surface area contributed by atoms with Crippen LogP contribution in [0.15, 0.2) is 17.1 Å². The van der Waals surface area contributed by atoms with E-state index < -0.39 is 0 Å². The van der Waals surface area contributed by atoms with Crippen LogP contribution in [0.3, 0.4) is 0 Å². The summed E-state index contributed by atoms with van der Waals surface area (Å²) in [5, 5.41) is 0. The van der Waals surface area contributed by atoms with Crippen molar-refractivity contribution in [2.75, 3.05) is 13.1 Å². The number of hydrogen-bond acceptors (Lipinski definition) is 3. The molecular weight excluding hydrogens is 254 g/mol. The molecule has 5 heteroatoms. The van der Waals surface area contributed by atoms with Gasteiger partial charge in [-0.25, -0.2) is 0 Å². The van der Waals surface area contributed by atoms with Crippen LogP contribution in [0.1, 0.15) is 48.2 Å². The van der Waals surface area contributed by atoms with Crippen molar-refractivity contribution in [1.82, 2.24) is 9.88 Å². The number of aromatic nitrogens is 1. The number of nitrogens with zero attached hydrogens (tertiary/aromatic N) is 1. The molecule has 0 bridgehead atoms. The van der Waals surface area contributed by atoms with Crippen molar-refractivity contribution < 1.29 is 4.79 Å². The van der Waals surface area contributed by atoms with Gasteiger partial charge < -0.3 is 15.6 Å². The summed E-state index contributed by atoms with van der Waals surface area (Å²) in [5.74, 6) is -0.191. The Bertz CT molecular complexity index is 518. The molecule has 1 aliphatic carbocycles. The Balaban J connectivity index is 2.23. The van der Waals surface area contributed by atoms with Gasteiger partial charge in [-0.3, -0.25) is 9.59 Å². The first-order valence-electron chi connectivity index (χ1n) is 7.34. The van der Waals surface area contributed by atoms with Gasteiger partial charge >= 0.3 is 0 Å². The van der Waals surface area contributed by atoms with E-state index in [4.69, 9.17) is 5.73 Å². The molecule has 1 aliphatic rings. The van der Waals surface area contributed by atoms with Crippen molar-refractivity contribution >= 4 is 5.91 Å². The van der Waals surface area contributed by atoms with E-state index in [2.05, 4.69) is 4.98 Å². The van der Waals surface area contributed by atoms with E-state index in [-0.39, 0.29) is 22.9 Å². The number of H-pyrrole nitrogens is 1. The summed E-state index contributed by atoms with van der Waals surface area (Å²) in [6.07, 6.45) is 7.05. The lowest BCUT2D eigenvalue weighted by Crippen LogP contribution is -2.45. The molecule has 0 spiro atoms. The van der Waals surface area contributed by atoms with Crippen LogP contribution >= 0.6 is 0 Å². The predicted molar refractivity (Wildman–Crippen MR) is 78.8 cm³/mol. The van der Waals surface area contributed by atoms with Crippen molar-refractivity contribution in [3.8, 4) is 0 Å². The van der Waals surface area contributed by atoms with Crippen LogP contribution in [0.4, 0.5) is 0 Å². The number of nitrogens with two attached hydrogens (primary N) is 1. The summed E-state index contributed by atoms with van der Waals surface area (Å²) in [6, 6.07) is 1.69. The highest BCUT2D eigenvalue weighted by atomic mass is 16.2. The minimum atomic E-state index is -0.218. The van der Waals surface area contributed by atoms with Crippen molar-refractivity contribution in [3.05, 3.63) is 33.7 Å². The van der Waals surface area contributed by atoms with Crippen LogP contribution in [-0.2, 0) is 0 Å². The second-order valence-electron chi connectivity index (χ2n) is 5.47. The number of carbonyl (C=O) groups excluding carboxylic acids is 1. The van der Waals surface area contributed by atoms with Gasteiger partial charge in [0.2, 0.25) is 0 Å². The first kappa shape index (κ1) is 14.8. The number of pyridine rings is 1. The standard InChI is InChI=1S/C15H23N3O2/c1-11-9-14(19)13(10-17-11)15(20)18(8-7-16)12-5-3-2-4-6-12/h9-10,12H,2-8,16H2,1H3,(H,17,19). The van der Waals surface area contributed by atoms with E-state index in [0.29, 0.717) is 13.1 Å². The number of rotatable bonds is 4. The fraction of sp³-hybridized carbons (Fsp3) is 0.600. The smallest absolute Gasteiger partial charge is 0.259 e. The van der Waals surface area contributed by atoms with Crippen molar-refractivity contribution in [2.45, 2.75) is 45.1 Å². The number of aryl methyl sites for hydroxylation is 1. The lowest BCUT2D eigenvalue weighted by molar-refractivity contribution is 0.0640. The third-order valence-electron chi connectivity index (χ3n) is 3.93. The topological polar surface area (TPSA) is 79.2 Å². The molecule has 1 aromatic heterocycles. The van der Waals surface area contributed by atoms with E-state index >= 15 is 0 Å². The SMILES string of the molecule is Cc1cc(=O)c(C(=O)N(CCN)C2CCCCC2)c[nH]1. The Hall–Kier alpha value is -1.62. The number of carbonyl (C=O) groups is 1. The van der Waals surface area contributed by atoms with Gasteiger partial charge in [-0.15, -0.1) is 0 Å². The first-order chi connectivity index (χ1) is 9.63. The second kappa shape index (κ2) is 6.70. The van der Waals surface area contributed by atoms with E-state index in [1.165, 1.54) is 18.7 Å². The molecule has 110 valence electrons. The second-order valence-corrected chi connectivity index (χ2v) is 5.47. The summed E-state index contributed by atoms with van der Waals surface area (Å²) >= 11 is 0. The summed E-state index contributed by atoms with van der Waals surface area (Å²) in [4.78, 5) is 29.3. The maximum Gasteiger partial charge on any atom is 0.259 e. The van der Waals surface area contributed by atoms with Gasteiger partial charge in [-0.2, -0.15) is 0 Å². The molecule has 5 nitrogen and oxygen atoms in total. The molecule has 1 amide bonds. The molecule has 1 aromatic rings. The molecule has 2 rings (SSSR count). The van der Waals surface area contributed by atoms with E-state index in [9.17, 15) is 9.59 Å². The Morgan fingerprint density at radius 3 is 2.70 bits per heavy atom. The number of amides is 1. The molecule has 1 heterocycles. The average Bonchev–Trinajstić information content (AvgIpc) is 2.45. The quantitative estimate of drug-likeness (QED) is 0.873. The molecule has 1 saturated carbocycles. The lowest BCUT2D eigenvalue weighted by Gasteiger charge is -2.34. The Morgan fingerprint density at radius 1 is 1.40 bits per heavy atom.